The lowest BCUT2D eigenvalue weighted by Gasteiger charge is -2.08. The maximum absolute atomic E-state index is 12.2. The van der Waals surface area contributed by atoms with Crippen molar-refractivity contribution in [2.24, 2.45) is 0 Å². The summed E-state index contributed by atoms with van der Waals surface area (Å²) < 4.78 is 5.00. The molecule has 0 spiro atoms. The van der Waals surface area contributed by atoms with Gasteiger partial charge in [-0.2, -0.15) is 0 Å². The first-order valence-corrected chi connectivity index (χ1v) is 7.26. The molecular formula is C17H21N3O2. The number of rotatable bonds is 7. The van der Waals surface area contributed by atoms with Gasteiger partial charge in [0.05, 0.1) is 0 Å². The molecule has 0 fully saturated rings. The standard InChI is InChI=1S/C17H21N3O2/c1-13-5-3-6-15(11-13)20-17(21)16-12-14(7-9-19-16)18-8-4-10-22-2/h3,5-7,9,11-12H,4,8,10H2,1-2H3,(H,18,19)(H,20,21). The molecule has 1 aromatic carbocycles. The molecule has 1 heterocycles. The minimum Gasteiger partial charge on any atom is -0.385 e. The minimum absolute atomic E-state index is 0.217. The topological polar surface area (TPSA) is 63.2 Å². The largest absolute Gasteiger partial charge is 0.385 e. The lowest BCUT2D eigenvalue weighted by atomic mass is 10.2. The number of nitrogens with one attached hydrogen (secondary N) is 2. The van der Waals surface area contributed by atoms with Crippen molar-refractivity contribution in [1.82, 2.24) is 4.98 Å². The number of hydrogen-bond acceptors (Lipinski definition) is 4. The summed E-state index contributed by atoms with van der Waals surface area (Å²) in [5, 5.41) is 6.10. The fraction of sp³-hybridized carbons (Fsp3) is 0.294. The fourth-order valence-corrected chi connectivity index (χ4v) is 2.03. The zero-order valence-electron chi connectivity index (χ0n) is 12.9. The Kier molecular flexibility index (Phi) is 5.91. The fourth-order valence-electron chi connectivity index (χ4n) is 2.03. The molecule has 2 N–H and O–H groups in total. The van der Waals surface area contributed by atoms with Gasteiger partial charge < -0.3 is 15.4 Å². The summed E-state index contributed by atoms with van der Waals surface area (Å²) >= 11 is 0. The number of aryl methyl sites for hydroxylation is 1. The van der Waals surface area contributed by atoms with Crippen LogP contribution in [0.25, 0.3) is 0 Å². The van der Waals surface area contributed by atoms with Crippen LogP contribution in [0.1, 0.15) is 22.5 Å². The van der Waals surface area contributed by atoms with Crippen LogP contribution in [0, 0.1) is 6.92 Å². The predicted molar refractivity (Wildman–Crippen MR) is 88.4 cm³/mol. The molecule has 0 saturated heterocycles. The first-order chi connectivity index (χ1) is 10.7. The molecule has 1 amide bonds. The van der Waals surface area contributed by atoms with Gasteiger partial charge in [0.15, 0.2) is 0 Å². The Bertz CT molecular complexity index is 629. The second-order valence-corrected chi connectivity index (χ2v) is 5.03. The Labute approximate surface area is 130 Å². The van der Waals surface area contributed by atoms with Crippen molar-refractivity contribution in [2.75, 3.05) is 30.9 Å². The highest BCUT2D eigenvalue weighted by Crippen LogP contribution is 2.13. The third kappa shape index (κ3) is 4.86. The lowest BCUT2D eigenvalue weighted by Crippen LogP contribution is -2.14. The summed E-state index contributed by atoms with van der Waals surface area (Å²) in [6, 6.07) is 11.3. The Morgan fingerprint density at radius 2 is 2.09 bits per heavy atom. The molecule has 2 rings (SSSR count). The van der Waals surface area contributed by atoms with Gasteiger partial charge in [0, 0.05) is 37.8 Å². The molecule has 22 heavy (non-hydrogen) atoms. The smallest absolute Gasteiger partial charge is 0.274 e. The molecule has 1 aromatic heterocycles. The van der Waals surface area contributed by atoms with Crippen LogP contribution in [0.5, 0.6) is 0 Å². The molecule has 0 radical (unpaired) electrons. The molecule has 0 atom stereocenters. The van der Waals surface area contributed by atoms with Crippen LogP contribution in [0.4, 0.5) is 11.4 Å². The zero-order chi connectivity index (χ0) is 15.8. The van der Waals surface area contributed by atoms with Gasteiger partial charge in [0.2, 0.25) is 0 Å². The van der Waals surface area contributed by atoms with E-state index in [1.807, 2.05) is 37.3 Å². The van der Waals surface area contributed by atoms with E-state index in [1.165, 1.54) is 0 Å². The van der Waals surface area contributed by atoms with Gasteiger partial charge in [-0.05, 0) is 43.2 Å². The third-order valence-corrected chi connectivity index (χ3v) is 3.12. The quantitative estimate of drug-likeness (QED) is 0.771. The SMILES string of the molecule is COCCCNc1ccnc(C(=O)Nc2cccc(C)c2)c1. The third-order valence-electron chi connectivity index (χ3n) is 3.12. The first-order valence-electron chi connectivity index (χ1n) is 7.26. The van der Waals surface area contributed by atoms with E-state index in [0.29, 0.717) is 12.3 Å². The number of carbonyl (C=O) groups excluding carboxylic acids is 1. The van der Waals surface area contributed by atoms with Gasteiger partial charge in [-0.15, -0.1) is 0 Å². The first kappa shape index (κ1) is 16.0. The second kappa shape index (κ2) is 8.14. The van der Waals surface area contributed by atoms with Crippen molar-refractivity contribution in [3.05, 3.63) is 53.9 Å². The minimum atomic E-state index is -0.217. The van der Waals surface area contributed by atoms with E-state index >= 15 is 0 Å². The number of ether oxygens (including phenoxy) is 1. The second-order valence-electron chi connectivity index (χ2n) is 5.03. The summed E-state index contributed by atoms with van der Waals surface area (Å²) in [4.78, 5) is 16.4. The van der Waals surface area contributed by atoms with Crippen molar-refractivity contribution in [1.29, 1.82) is 0 Å². The van der Waals surface area contributed by atoms with E-state index in [0.717, 1.165) is 29.9 Å². The van der Waals surface area contributed by atoms with Gasteiger partial charge in [0.25, 0.3) is 5.91 Å². The number of nitrogens with zero attached hydrogens (tertiary/aromatic N) is 1. The van der Waals surface area contributed by atoms with Crippen molar-refractivity contribution >= 4 is 17.3 Å². The normalized spacial score (nSPS) is 10.3. The van der Waals surface area contributed by atoms with Crippen LogP contribution in [0.3, 0.4) is 0 Å². The molecule has 0 aliphatic heterocycles. The predicted octanol–water partition coefficient (Wildman–Crippen LogP) is 3.09. The summed E-state index contributed by atoms with van der Waals surface area (Å²) in [7, 11) is 1.68. The Balaban J connectivity index is 1.97. The number of pyridine rings is 1. The molecule has 2 aromatic rings. The van der Waals surface area contributed by atoms with E-state index < -0.39 is 0 Å². The number of aromatic nitrogens is 1. The maximum atomic E-state index is 12.2. The van der Waals surface area contributed by atoms with Crippen molar-refractivity contribution in [3.8, 4) is 0 Å². The van der Waals surface area contributed by atoms with Crippen LogP contribution < -0.4 is 10.6 Å². The Morgan fingerprint density at radius 1 is 1.23 bits per heavy atom. The highest BCUT2D eigenvalue weighted by molar-refractivity contribution is 6.03. The average Bonchev–Trinajstić information content (AvgIpc) is 2.52. The number of carbonyl (C=O) groups is 1. The van der Waals surface area contributed by atoms with Crippen molar-refractivity contribution in [3.63, 3.8) is 0 Å². The Hall–Kier alpha value is -2.40. The number of amides is 1. The molecule has 5 nitrogen and oxygen atoms in total. The van der Waals surface area contributed by atoms with E-state index in [9.17, 15) is 4.79 Å². The maximum Gasteiger partial charge on any atom is 0.274 e. The molecule has 116 valence electrons. The molecule has 0 aliphatic carbocycles. The molecule has 5 heteroatoms. The van der Waals surface area contributed by atoms with Gasteiger partial charge in [-0.25, -0.2) is 0 Å². The van der Waals surface area contributed by atoms with Crippen LogP contribution in [-0.4, -0.2) is 31.2 Å². The van der Waals surface area contributed by atoms with Gasteiger partial charge in [0.1, 0.15) is 5.69 Å². The van der Waals surface area contributed by atoms with Crippen molar-refractivity contribution < 1.29 is 9.53 Å². The van der Waals surface area contributed by atoms with E-state index in [1.54, 1.807) is 19.4 Å². The molecule has 0 bridgehead atoms. The van der Waals surface area contributed by atoms with Crippen LogP contribution in [-0.2, 0) is 4.74 Å². The molecular weight excluding hydrogens is 278 g/mol. The van der Waals surface area contributed by atoms with Gasteiger partial charge in [-0.3, -0.25) is 9.78 Å². The number of hydrogen-bond donors (Lipinski definition) is 2. The number of anilines is 2. The van der Waals surface area contributed by atoms with Gasteiger partial charge in [-0.1, -0.05) is 12.1 Å². The van der Waals surface area contributed by atoms with E-state index in [2.05, 4.69) is 15.6 Å². The lowest BCUT2D eigenvalue weighted by molar-refractivity contribution is 0.102. The van der Waals surface area contributed by atoms with Crippen LogP contribution >= 0.6 is 0 Å². The summed E-state index contributed by atoms with van der Waals surface area (Å²) in [6.45, 7) is 3.48. The summed E-state index contributed by atoms with van der Waals surface area (Å²) in [5.41, 5.74) is 3.13. The monoisotopic (exact) mass is 299 g/mol. The Morgan fingerprint density at radius 3 is 2.86 bits per heavy atom. The molecule has 0 aliphatic rings. The average molecular weight is 299 g/mol. The zero-order valence-corrected chi connectivity index (χ0v) is 12.9. The van der Waals surface area contributed by atoms with Crippen LogP contribution in [0.2, 0.25) is 0 Å². The molecule has 0 saturated carbocycles. The van der Waals surface area contributed by atoms with Gasteiger partial charge >= 0.3 is 0 Å². The van der Waals surface area contributed by atoms with Crippen LogP contribution in [0.15, 0.2) is 42.6 Å². The highest BCUT2D eigenvalue weighted by atomic mass is 16.5. The summed E-state index contributed by atoms with van der Waals surface area (Å²) in [6.07, 6.45) is 2.54. The number of benzene rings is 1. The number of methoxy groups -OCH3 is 1. The van der Waals surface area contributed by atoms with E-state index in [-0.39, 0.29) is 5.91 Å². The highest BCUT2D eigenvalue weighted by Gasteiger charge is 2.08. The van der Waals surface area contributed by atoms with Crippen molar-refractivity contribution in [2.45, 2.75) is 13.3 Å². The summed E-state index contributed by atoms with van der Waals surface area (Å²) in [5.74, 6) is -0.217. The van der Waals surface area contributed by atoms with E-state index in [4.69, 9.17) is 4.74 Å². The molecule has 0 unspecified atom stereocenters.